The number of nitrogen functional groups attached to an aromatic ring is 1. The summed E-state index contributed by atoms with van der Waals surface area (Å²) in [6.45, 7) is 0.772. The van der Waals surface area contributed by atoms with Crippen molar-refractivity contribution in [3.8, 4) is 0 Å². The summed E-state index contributed by atoms with van der Waals surface area (Å²) in [6.07, 6.45) is 2.30. The van der Waals surface area contributed by atoms with E-state index in [1.54, 1.807) is 12.1 Å². The monoisotopic (exact) mass is 376 g/mol. The van der Waals surface area contributed by atoms with Gasteiger partial charge in [0.05, 0.1) is 6.04 Å². The molecule has 7 nitrogen and oxygen atoms in total. The second kappa shape index (κ2) is 6.19. The van der Waals surface area contributed by atoms with Crippen LogP contribution in [0.4, 0.5) is 16.0 Å². The summed E-state index contributed by atoms with van der Waals surface area (Å²) in [5.41, 5.74) is 8.76. The predicted octanol–water partition coefficient (Wildman–Crippen LogP) is 2.89. The van der Waals surface area contributed by atoms with Crippen LogP contribution in [0.5, 0.6) is 0 Å². The van der Waals surface area contributed by atoms with E-state index in [4.69, 9.17) is 5.73 Å². The van der Waals surface area contributed by atoms with Crippen molar-refractivity contribution in [1.82, 2.24) is 19.7 Å². The number of hydrogen-bond acceptors (Lipinski definition) is 5. The summed E-state index contributed by atoms with van der Waals surface area (Å²) in [7, 11) is 0. The number of carbonyl (C=O) groups excluding carboxylic acids is 1. The molecule has 4 N–H and O–H groups in total. The van der Waals surface area contributed by atoms with Crippen molar-refractivity contribution in [3.05, 3.63) is 65.7 Å². The fourth-order valence-electron chi connectivity index (χ4n) is 3.68. The zero-order valence-electron chi connectivity index (χ0n) is 14.8. The third kappa shape index (κ3) is 2.53. The smallest absolute Gasteiger partial charge is 0.271 e. The minimum atomic E-state index is -0.480. The quantitative estimate of drug-likeness (QED) is 0.500. The van der Waals surface area contributed by atoms with Gasteiger partial charge in [0.2, 0.25) is 5.95 Å². The van der Waals surface area contributed by atoms with Crippen molar-refractivity contribution in [2.24, 2.45) is 0 Å². The number of halogens is 1. The Morgan fingerprint density at radius 3 is 2.96 bits per heavy atom. The molecule has 0 fully saturated rings. The van der Waals surface area contributed by atoms with Gasteiger partial charge in [-0.05, 0) is 30.2 Å². The Labute approximate surface area is 159 Å². The number of nitrogens with two attached hydrogens (primary N) is 1. The molecule has 1 unspecified atom stereocenters. The van der Waals surface area contributed by atoms with Crippen LogP contribution < -0.4 is 16.4 Å². The lowest BCUT2D eigenvalue weighted by Gasteiger charge is -2.27. The van der Waals surface area contributed by atoms with E-state index >= 15 is 0 Å². The van der Waals surface area contributed by atoms with Crippen LogP contribution in [0.3, 0.4) is 0 Å². The van der Waals surface area contributed by atoms with Gasteiger partial charge in [-0.3, -0.25) is 9.20 Å². The maximum atomic E-state index is 14.1. The lowest BCUT2D eigenvalue weighted by Crippen LogP contribution is -2.33. The molecule has 1 aliphatic heterocycles. The first kappa shape index (κ1) is 16.5. The first-order valence-corrected chi connectivity index (χ1v) is 8.98. The third-order valence-corrected chi connectivity index (χ3v) is 5.03. The minimum absolute atomic E-state index is 0.0753. The van der Waals surface area contributed by atoms with Gasteiger partial charge in [-0.25, -0.2) is 14.4 Å². The van der Waals surface area contributed by atoms with Crippen molar-refractivity contribution in [2.75, 3.05) is 17.6 Å². The molecule has 2 aromatic heterocycles. The maximum absolute atomic E-state index is 14.1. The number of aromatic nitrogens is 3. The van der Waals surface area contributed by atoms with Crippen LogP contribution in [0.2, 0.25) is 0 Å². The highest BCUT2D eigenvalue weighted by molar-refractivity contribution is 5.97. The highest BCUT2D eigenvalue weighted by atomic mass is 19.1. The topological polar surface area (TPSA) is 97.3 Å². The van der Waals surface area contributed by atoms with Crippen molar-refractivity contribution in [1.29, 1.82) is 0 Å². The molecule has 1 atom stereocenters. The zero-order chi connectivity index (χ0) is 19.3. The molecular formula is C20H17FN6O. The number of hydrogen-bond donors (Lipinski definition) is 3. The van der Waals surface area contributed by atoms with Gasteiger partial charge < -0.3 is 16.4 Å². The molecule has 0 saturated carbocycles. The lowest BCUT2D eigenvalue weighted by atomic mass is 9.98. The third-order valence-electron chi connectivity index (χ3n) is 5.03. The number of nitrogens with zero attached hydrogens (tertiary/aromatic N) is 3. The van der Waals surface area contributed by atoms with Gasteiger partial charge in [0.1, 0.15) is 22.7 Å². The second-order valence-corrected chi connectivity index (χ2v) is 6.75. The van der Waals surface area contributed by atoms with Crippen LogP contribution in [0.25, 0.3) is 16.6 Å². The van der Waals surface area contributed by atoms with E-state index in [9.17, 15) is 9.18 Å². The molecule has 0 saturated heterocycles. The van der Waals surface area contributed by atoms with E-state index in [1.807, 2.05) is 24.3 Å². The van der Waals surface area contributed by atoms with Gasteiger partial charge >= 0.3 is 0 Å². The van der Waals surface area contributed by atoms with E-state index < -0.39 is 5.82 Å². The number of fused-ring (bicyclic) bond motifs is 4. The summed E-state index contributed by atoms with van der Waals surface area (Å²) < 4.78 is 15.6. The second-order valence-electron chi connectivity index (χ2n) is 6.75. The van der Waals surface area contributed by atoms with Crippen LogP contribution in [0.15, 0.2) is 48.7 Å². The summed E-state index contributed by atoms with van der Waals surface area (Å²) in [5.74, 6) is -0.715. The number of benzene rings is 2. The summed E-state index contributed by atoms with van der Waals surface area (Å²) in [5, 5.41) is 6.87. The molecular weight excluding hydrogens is 359 g/mol. The first-order chi connectivity index (χ1) is 13.6. The van der Waals surface area contributed by atoms with Crippen LogP contribution >= 0.6 is 0 Å². The van der Waals surface area contributed by atoms with E-state index in [2.05, 4.69) is 20.6 Å². The molecule has 4 aromatic rings. The number of rotatable bonds is 2. The SMILES string of the molecule is Nc1nc2c(F)cccc2c2nc(C(=O)NC3CCNc4ccccc43)cn12. The van der Waals surface area contributed by atoms with Crippen molar-refractivity contribution >= 4 is 34.1 Å². The fraction of sp³-hybridized carbons (Fsp3) is 0.150. The average Bonchev–Trinajstić information content (AvgIpc) is 3.16. The standard InChI is InChI=1S/C20H17FN6O/c21-13-6-3-5-12-17(13)26-20(22)27-10-16(24-18(12)27)19(28)25-15-8-9-23-14-7-2-1-4-11(14)15/h1-7,10,15,23H,8-9H2,(H2,22,26)(H,25,28). The largest absolute Gasteiger partial charge is 0.385 e. The van der Waals surface area contributed by atoms with Crippen LogP contribution in [0, 0.1) is 5.82 Å². The van der Waals surface area contributed by atoms with Crippen molar-refractivity contribution < 1.29 is 9.18 Å². The summed E-state index contributed by atoms with van der Waals surface area (Å²) >= 11 is 0. The number of para-hydroxylation sites is 2. The van der Waals surface area contributed by atoms with Crippen LogP contribution in [0.1, 0.15) is 28.5 Å². The van der Waals surface area contributed by atoms with Crippen LogP contribution in [-0.4, -0.2) is 26.8 Å². The normalized spacial score (nSPS) is 16.0. The Morgan fingerprint density at radius 2 is 2.07 bits per heavy atom. The van der Waals surface area contributed by atoms with E-state index in [-0.39, 0.29) is 29.1 Å². The molecule has 0 spiro atoms. The molecule has 1 aliphatic rings. The maximum Gasteiger partial charge on any atom is 0.271 e. The molecule has 8 heteroatoms. The Balaban J connectivity index is 1.53. The Bertz CT molecular complexity index is 1230. The molecule has 1 amide bonds. The summed E-state index contributed by atoms with van der Waals surface area (Å²) in [4.78, 5) is 21.4. The molecule has 2 aromatic carbocycles. The van der Waals surface area contributed by atoms with Crippen molar-refractivity contribution in [3.63, 3.8) is 0 Å². The number of carbonyl (C=O) groups is 1. The van der Waals surface area contributed by atoms with Gasteiger partial charge in [0.15, 0.2) is 0 Å². The average molecular weight is 376 g/mol. The number of imidazole rings is 1. The van der Waals surface area contributed by atoms with E-state index in [1.165, 1.54) is 16.7 Å². The highest BCUT2D eigenvalue weighted by Crippen LogP contribution is 2.30. The van der Waals surface area contributed by atoms with Gasteiger partial charge in [-0.1, -0.05) is 24.3 Å². The Kier molecular flexibility index (Phi) is 3.65. The number of nitrogens with one attached hydrogen (secondary N) is 2. The Morgan fingerprint density at radius 1 is 1.21 bits per heavy atom. The number of amides is 1. The molecule has 0 radical (unpaired) electrons. The lowest BCUT2D eigenvalue weighted by molar-refractivity contribution is 0.0930. The van der Waals surface area contributed by atoms with Crippen LogP contribution in [-0.2, 0) is 0 Å². The number of anilines is 2. The Hall–Kier alpha value is -3.68. The van der Waals surface area contributed by atoms with Crippen molar-refractivity contribution in [2.45, 2.75) is 12.5 Å². The minimum Gasteiger partial charge on any atom is -0.385 e. The molecule has 0 aliphatic carbocycles. The predicted molar refractivity (Wildman–Crippen MR) is 105 cm³/mol. The van der Waals surface area contributed by atoms with E-state index in [0.29, 0.717) is 11.0 Å². The van der Waals surface area contributed by atoms with Gasteiger partial charge in [-0.15, -0.1) is 0 Å². The van der Waals surface area contributed by atoms with Gasteiger partial charge in [0.25, 0.3) is 5.91 Å². The van der Waals surface area contributed by atoms with Gasteiger partial charge in [-0.2, -0.15) is 0 Å². The highest BCUT2D eigenvalue weighted by Gasteiger charge is 2.23. The molecule has 140 valence electrons. The first-order valence-electron chi connectivity index (χ1n) is 8.98. The van der Waals surface area contributed by atoms with Gasteiger partial charge in [0, 0.05) is 23.8 Å². The summed E-state index contributed by atoms with van der Waals surface area (Å²) in [6, 6.07) is 12.4. The fourth-order valence-corrected chi connectivity index (χ4v) is 3.68. The zero-order valence-corrected chi connectivity index (χ0v) is 14.8. The molecule has 0 bridgehead atoms. The molecule has 3 heterocycles. The van der Waals surface area contributed by atoms with E-state index in [0.717, 1.165) is 24.2 Å². The molecule has 5 rings (SSSR count). The molecule has 28 heavy (non-hydrogen) atoms.